The van der Waals surface area contributed by atoms with Crippen molar-refractivity contribution >= 4 is 35.1 Å². The molecule has 0 aromatic heterocycles. The summed E-state index contributed by atoms with van der Waals surface area (Å²) in [4.78, 5) is 37.1. The fourth-order valence-electron chi connectivity index (χ4n) is 3.53. The number of nitrogens with zero attached hydrogens (tertiary/aromatic N) is 1. The maximum absolute atomic E-state index is 12.7. The Morgan fingerprint density at radius 2 is 2.00 bits per heavy atom. The van der Waals surface area contributed by atoms with Crippen molar-refractivity contribution in [3.63, 3.8) is 0 Å². The van der Waals surface area contributed by atoms with Gasteiger partial charge in [-0.25, -0.2) is 4.79 Å². The number of hydrazine groups is 1. The molecule has 1 saturated heterocycles. The predicted octanol–water partition coefficient (Wildman–Crippen LogP) is 2.35. The first-order valence-corrected chi connectivity index (χ1v) is 9.28. The summed E-state index contributed by atoms with van der Waals surface area (Å²) in [6.45, 7) is 1.70. The van der Waals surface area contributed by atoms with Gasteiger partial charge in [0.15, 0.2) is 0 Å². The second-order valence-corrected chi connectivity index (χ2v) is 7.31. The van der Waals surface area contributed by atoms with E-state index in [0.29, 0.717) is 29.3 Å². The second-order valence-electron chi connectivity index (χ2n) is 6.90. The lowest BCUT2D eigenvalue weighted by Crippen LogP contribution is -2.51. The third-order valence-corrected chi connectivity index (χ3v) is 5.43. The lowest BCUT2D eigenvalue weighted by atomic mass is 9.82. The zero-order valence-electron chi connectivity index (χ0n) is 15.4. The molecule has 0 radical (unpaired) electrons. The number of hydrogen-bond donors (Lipinski definition) is 3. The SMILES string of the molecule is COc1cc(Cl)c(C)cc1NCC(=O)NN1C(=O)NC2(CCCCC2)C1=O. The molecule has 9 heteroatoms. The fourth-order valence-corrected chi connectivity index (χ4v) is 3.68. The van der Waals surface area contributed by atoms with Crippen LogP contribution in [0.2, 0.25) is 5.02 Å². The van der Waals surface area contributed by atoms with Gasteiger partial charge >= 0.3 is 6.03 Å². The third-order valence-electron chi connectivity index (χ3n) is 5.03. The van der Waals surface area contributed by atoms with E-state index in [-0.39, 0.29) is 12.5 Å². The zero-order chi connectivity index (χ0) is 19.6. The number of urea groups is 1. The number of imide groups is 1. The third kappa shape index (κ3) is 3.80. The van der Waals surface area contributed by atoms with Crippen LogP contribution in [0.4, 0.5) is 10.5 Å². The molecule has 1 aliphatic carbocycles. The summed E-state index contributed by atoms with van der Waals surface area (Å²) in [5.41, 5.74) is 2.94. The van der Waals surface area contributed by atoms with Crippen LogP contribution in [0.15, 0.2) is 12.1 Å². The molecule has 8 nitrogen and oxygen atoms in total. The van der Waals surface area contributed by atoms with Crippen LogP contribution in [-0.4, -0.2) is 42.0 Å². The molecule has 1 aliphatic heterocycles. The Kier molecular flexibility index (Phi) is 5.46. The van der Waals surface area contributed by atoms with Crippen molar-refractivity contribution in [1.82, 2.24) is 15.8 Å². The van der Waals surface area contributed by atoms with Crippen molar-refractivity contribution in [1.29, 1.82) is 0 Å². The Morgan fingerprint density at radius 3 is 2.67 bits per heavy atom. The van der Waals surface area contributed by atoms with Gasteiger partial charge in [0.25, 0.3) is 11.8 Å². The molecule has 4 amide bonds. The Morgan fingerprint density at radius 1 is 1.30 bits per heavy atom. The van der Waals surface area contributed by atoms with Crippen LogP contribution in [0.3, 0.4) is 0 Å². The number of halogens is 1. The van der Waals surface area contributed by atoms with E-state index >= 15 is 0 Å². The summed E-state index contributed by atoms with van der Waals surface area (Å²) < 4.78 is 5.25. The van der Waals surface area contributed by atoms with Crippen LogP contribution < -0.4 is 20.8 Å². The molecule has 0 atom stereocenters. The molecule has 1 spiro atoms. The number of methoxy groups -OCH3 is 1. The summed E-state index contributed by atoms with van der Waals surface area (Å²) in [7, 11) is 1.50. The number of benzene rings is 1. The number of ether oxygens (including phenoxy) is 1. The number of carbonyl (C=O) groups is 3. The Hall–Kier alpha value is -2.48. The molecule has 2 fully saturated rings. The van der Waals surface area contributed by atoms with Gasteiger partial charge < -0.3 is 15.4 Å². The molecule has 146 valence electrons. The van der Waals surface area contributed by atoms with E-state index in [1.54, 1.807) is 12.1 Å². The lowest BCUT2D eigenvalue weighted by molar-refractivity contribution is -0.139. The van der Waals surface area contributed by atoms with E-state index in [0.717, 1.165) is 29.8 Å². The highest BCUT2D eigenvalue weighted by Crippen LogP contribution is 2.33. The number of nitrogens with one attached hydrogen (secondary N) is 3. The lowest BCUT2D eigenvalue weighted by Gasteiger charge is -2.30. The quantitative estimate of drug-likeness (QED) is 0.666. The maximum Gasteiger partial charge on any atom is 0.344 e. The van der Waals surface area contributed by atoms with Gasteiger partial charge in [0.1, 0.15) is 11.3 Å². The highest BCUT2D eigenvalue weighted by molar-refractivity contribution is 6.31. The molecule has 1 heterocycles. The number of aryl methyl sites for hydroxylation is 1. The standard InChI is InChI=1S/C18H23ClN4O4/c1-11-8-13(14(27-2)9-12(11)19)20-10-15(24)22-23-16(25)18(21-17(23)26)6-4-3-5-7-18/h8-9,20H,3-7,10H2,1-2H3,(H,21,26)(H,22,24). The number of carbonyl (C=O) groups excluding carboxylic acids is 3. The van der Waals surface area contributed by atoms with Crippen LogP contribution in [0.25, 0.3) is 0 Å². The Bertz CT molecular complexity index is 777. The van der Waals surface area contributed by atoms with Crippen molar-refractivity contribution in [2.45, 2.75) is 44.6 Å². The summed E-state index contributed by atoms with van der Waals surface area (Å²) in [6, 6.07) is 2.83. The molecular weight excluding hydrogens is 372 g/mol. The van der Waals surface area contributed by atoms with Gasteiger partial charge in [-0.2, -0.15) is 5.01 Å². The van der Waals surface area contributed by atoms with Crippen molar-refractivity contribution < 1.29 is 19.1 Å². The largest absolute Gasteiger partial charge is 0.495 e. The van der Waals surface area contributed by atoms with E-state index < -0.39 is 17.5 Å². The van der Waals surface area contributed by atoms with E-state index in [4.69, 9.17) is 16.3 Å². The molecule has 1 aromatic rings. The topological polar surface area (TPSA) is 99.8 Å². The van der Waals surface area contributed by atoms with Crippen LogP contribution in [0.1, 0.15) is 37.7 Å². The molecule has 1 saturated carbocycles. The average Bonchev–Trinajstić information content (AvgIpc) is 2.87. The smallest absolute Gasteiger partial charge is 0.344 e. The molecule has 1 aromatic carbocycles. The van der Waals surface area contributed by atoms with E-state index in [2.05, 4.69) is 16.1 Å². The van der Waals surface area contributed by atoms with Gasteiger partial charge in [0, 0.05) is 11.1 Å². The van der Waals surface area contributed by atoms with E-state index in [1.807, 2.05) is 6.92 Å². The van der Waals surface area contributed by atoms with Crippen molar-refractivity contribution in [2.75, 3.05) is 19.0 Å². The second kappa shape index (κ2) is 7.64. The van der Waals surface area contributed by atoms with Gasteiger partial charge in [-0.1, -0.05) is 30.9 Å². The molecular formula is C18H23ClN4O4. The minimum Gasteiger partial charge on any atom is -0.495 e. The van der Waals surface area contributed by atoms with Gasteiger partial charge in [0.2, 0.25) is 0 Å². The Labute approximate surface area is 162 Å². The van der Waals surface area contributed by atoms with E-state index in [1.165, 1.54) is 7.11 Å². The molecule has 3 rings (SSSR count). The highest BCUT2D eigenvalue weighted by Gasteiger charge is 2.52. The molecule has 0 unspecified atom stereocenters. The maximum atomic E-state index is 12.7. The molecule has 27 heavy (non-hydrogen) atoms. The summed E-state index contributed by atoms with van der Waals surface area (Å²) in [5.74, 6) is -0.406. The van der Waals surface area contributed by atoms with Crippen molar-refractivity contribution in [2.24, 2.45) is 0 Å². The number of rotatable bonds is 5. The fraction of sp³-hybridized carbons (Fsp3) is 0.500. The highest BCUT2D eigenvalue weighted by atomic mass is 35.5. The van der Waals surface area contributed by atoms with Gasteiger partial charge in [-0.15, -0.1) is 0 Å². The van der Waals surface area contributed by atoms with Gasteiger partial charge in [0.05, 0.1) is 19.3 Å². The molecule has 2 aliphatic rings. The van der Waals surface area contributed by atoms with Gasteiger partial charge in [-0.3, -0.25) is 15.0 Å². The average molecular weight is 395 g/mol. The summed E-state index contributed by atoms with van der Waals surface area (Å²) in [5, 5.41) is 7.04. The van der Waals surface area contributed by atoms with Crippen molar-refractivity contribution in [3.8, 4) is 5.75 Å². The van der Waals surface area contributed by atoms with Crippen LogP contribution >= 0.6 is 11.6 Å². The first-order valence-electron chi connectivity index (χ1n) is 8.90. The monoisotopic (exact) mass is 394 g/mol. The number of hydrogen-bond acceptors (Lipinski definition) is 5. The van der Waals surface area contributed by atoms with Crippen LogP contribution in [0.5, 0.6) is 5.75 Å². The number of amides is 4. The molecule has 0 bridgehead atoms. The van der Waals surface area contributed by atoms with Crippen molar-refractivity contribution in [3.05, 3.63) is 22.7 Å². The first kappa shape index (κ1) is 19.3. The Balaban J connectivity index is 1.62. The van der Waals surface area contributed by atoms with Gasteiger partial charge in [-0.05, 0) is 31.4 Å². The minimum atomic E-state index is -0.868. The first-order chi connectivity index (χ1) is 12.9. The molecule has 3 N–H and O–H groups in total. The predicted molar refractivity (Wildman–Crippen MR) is 101 cm³/mol. The minimum absolute atomic E-state index is 0.137. The number of anilines is 1. The van der Waals surface area contributed by atoms with Crippen LogP contribution in [0, 0.1) is 6.92 Å². The normalized spacial score (nSPS) is 18.4. The zero-order valence-corrected chi connectivity index (χ0v) is 16.1. The summed E-state index contributed by atoms with van der Waals surface area (Å²) >= 11 is 6.07. The summed E-state index contributed by atoms with van der Waals surface area (Å²) in [6.07, 6.45) is 4.01. The van der Waals surface area contributed by atoms with E-state index in [9.17, 15) is 14.4 Å². The van der Waals surface area contributed by atoms with Crippen LogP contribution in [-0.2, 0) is 9.59 Å².